The maximum Gasteiger partial charge on any atom is 0.330 e. The predicted molar refractivity (Wildman–Crippen MR) is 110 cm³/mol. The van der Waals surface area contributed by atoms with Crippen LogP contribution in [0.5, 0.6) is 0 Å². The van der Waals surface area contributed by atoms with E-state index in [0.717, 1.165) is 10.6 Å². The first-order valence-electron chi connectivity index (χ1n) is 9.01. The molecule has 7 nitrogen and oxygen atoms in total. The lowest BCUT2D eigenvalue weighted by Crippen LogP contribution is -2.27. The minimum Gasteiger partial charge on any atom is -0.463 e. The van der Waals surface area contributed by atoms with E-state index in [1.165, 1.54) is 43.5 Å². The van der Waals surface area contributed by atoms with Crippen molar-refractivity contribution in [2.75, 3.05) is 24.2 Å². The van der Waals surface area contributed by atoms with Crippen LogP contribution in [-0.2, 0) is 19.6 Å². The molecule has 1 heterocycles. The number of nitrogens with zero attached hydrogens (tertiary/aromatic N) is 3. The molecule has 2 aromatic rings. The molecule has 1 aromatic carbocycles. The van der Waals surface area contributed by atoms with Gasteiger partial charge in [-0.1, -0.05) is 13.8 Å². The highest BCUT2D eigenvalue weighted by molar-refractivity contribution is 7.92. The first-order valence-corrected chi connectivity index (χ1v) is 10.9. The molecule has 0 aliphatic heterocycles. The van der Waals surface area contributed by atoms with E-state index in [-0.39, 0.29) is 18.5 Å². The van der Waals surface area contributed by atoms with Crippen molar-refractivity contribution in [3.8, 4) is 11.3 Å². The van der Waals surface area contributed by atoms with Crippen molar-refractivity contribution >= 4 is 28.0 Å². The summed E-state index contributed by atoms with van der Waals surface area (Å²) < 4.78 is 43.3. The van der Waals surface area contributed by atoms with Gasteiger partial charge in [0.2, 0.25) is 16.0 Å². The number of rotatable bonds is 7. The zero-order valence-electron chi connectivity index (χ0n) is 17.0. The van der Waals surface area contributed by atoms with Gasteiger partial charge >= 0.3 is 5.97 Å². The third kappa shape index (κ3) is 5.60. The van der Waals surface area contributed by atoms with E-state index in [4.69, 9.17) is 4.74 Å². The second-order valence-electron chi connectivity index (χ2n) is 6.65. The first-order chi connectivity index (χ1) is 13.5. The number of anilines is 1. The van der Waals surface area contributed by atoms with Crippen LogP contribution in [0.1, 0.15) is 37.9 Å². The predicted octanol–water partition coefficient (Wildman–Crippen LogP) is 3.38. The fraction of sp³-hybridized carbons (Fsp3) is 0.350. The smallest absolute Gasteiger partial charge is 0.330 e. The summed E-state index contributed by atoms with van der Waals surface area (Å²) in [5, 5.41) is 0. The van der Waals surface area contributed by atoms with Crippen LogP contribution in [0.3, 0.4) is 0 Å². The minimum atomic E-state index is -3.59. The first kappa shape index (κ1) is 22.5. The van der Waals surface area contributed by atoms with Gasteiger partial charge in [0.1, 0.15) is 5.82 Å². The standard InChI is InChI=1S/C20H24FN3O4S/c1-6-28-17(25)12-11-16-18(13(2)3)22-20(24(4)29(5,26)27)23-19(16)14-7-9-15(21)10-8-14/h7-13H,6H2,1-5H3. The van der Waals surface area contributed by atoms with E-state index < -0.39 is 21.8 Å². The maximum absolute atomic E-state index is 13.4. The van der Waals surface area contributed by atoms with Crippen molar-refractivity contribution in [2.45, 2.75) is 26.7 Å². The number of hydrogen-bond acceptors (Lipinski definition) is 6. The lowest BCUT2D eigenvalue weighted by molar-refractivity contribution is -0.137. The van der Waals surface area contributed by atoms with Gasteiger partial charge in [0.25, 0.3) is 0 Å². The number of carbonyl (C=O) groups excluding carboxylic acids is 1. The van der Waals surface area contributed by atoms with Crippen molar-refractivity contribution in [3.63, 3.8) is 0 Å². The van der Waals surface area contributed by atoms with E-state index in [1.54, 1.807) is 6.92 Å². The zero-order valence-corrected chi connectivity index (χ0v) is 17.8. The summed E-state index contributed by atoms with van der Waals surface area (Å²) in [6.45, 7) is 5.72. The third-order valence-electron chi connectivity index (χ3n) is 4.08. The highest BCUT2D eigenvalue weighted by atomic mass is 32.2. The average Bonchev–Trinajstić information content (AvgIpc) is 2.65. The topological polar surface area (TPSA) is 89.5 Å². The average molecular weight is 421 g/mol. The second-order valence-corrected chi connectivity index (χ2v) is 8.66. The summed E-state index contributed by atoms with van der Waals surface area (Å²) in [4.78, 5) is 20.6. The van der Waals surface area contributed by atoms with E-state index >= 15 is 0 Å². The molecular weight excluding hydrogens is 397 g/mol. The number of carbonyl (C=O) groups is 1. The van der Waals surface area contributed by atoms with Crippen LogP contribution in [0.15, 0.2) is 30.3 Å². The quantitative estimate of drug-likeness (QED) is 0.503. The maximum atomic E-state index is 13.4. The van der Waals surface area contributed by atoms with Gasteiger partial charge in [-0.2, -0.15) is 0 Å². The molecule has 0 fully saturated rings. The number of sulfonamides is 1. The van der Waals surface area contributed by atoms with Gasteiger partial charge in [-0.3, -0.25) is 0 Å². The lowest BCUT2D eigenvalue weighted by atomic mass is 9.98. The Morgan fingerprint density at radius 2 is 1.86 bits per heavy atom. The molecular formula is C20H24FN3O4S. The summed E-state index contributed by atoms with van der Waals surface area (Å²) >= 11 is 0. The van der Waals surface area contributed by atoms with E-state index in [0.29, 0.717) is 22.5 Å². The number of aromatic nitrogens is 2. The Kier molecular flexibility index (Phi) is 7.07. The molecule has 0 saturated carbocycles. The van der Waals surface area contributed by atoms with Gasteiger partial charge in [0.15, 0.2) is 0 Å². The molecule has 9 heteroatoms. The summed E-state index contributed by atoms with van der Waals surface area (Å²) in [6, 6.07) is 5.64. The Bertz CT molecular complexity index is 1020. The second kappa shape index (κ2) is 9.13. The molecule has 0 N–H and O–H groups in total. The van der Waals surface area contributed by atoms with Gasteiger partial charge in [-0.15, -0.1) is 0 Å². The van der Waals surface area contributed by atoms with Crippen molar-refractivity contribution in [1.82, 2.24) is 9.97 Å². The van der Waals surface area contributed by atoms with Crippen LogP contribution < -0.4 is 4.31 Å². The van der Waals surface area contributed by atoms with Crippen LogP contribution >= 0.6 is 0 Å². The fourth-order valence-electron chi connectivity index (χ4n) is 2.54. The number of ether oxygens (including phenoxy) is 1. The van der Waals surface area contributed by atoms with E-state index in [1.807, 2.05) is 13.8 Å². The molecule has 0 atom stereocenters. The number of esters is 1. The number of halogens is 1. The minimum absolute atomic E-state index is 0.0104. The van der Waals surface area contributed by atoms with Crippen molar-refractivity contribution in [3.05, 3.63) is 47.4 Å². The third-order valence-corrected chi connectivity index (χ3v) is 5.24. The molecule has 29 heavy (non-hydrogen) atoms. The summed E-state index contributed by atoms with van der Waals surface area (Å²) in [5.74, 6) is -1.05. The van der Waals surface area contributed by atoms with Crippen LogP contribution in [0.25, 0.3) is 17.3 Å². The molecule has 0 unspecified atom stereocenters. The molecule has 0 aliphatic carbocycles. The monoisotopic (exact) mass is 421 g/mol. The van der Waals surface area contributed by atoms with Gasteiger partial charge in [-0.05, 0) is 43.2 Å². The lowest BCUT2D eigenvalue weighted by Gasteiger charge is -2.20. The van der Waals surface area contributed by atoms with Crippen LogP contribution in [0.2, 0.25) is 0 Å². The number of benzene rings is 1. The SMILES string of the molecule is CCOC(=O)C=Cc1c(-c2ccc(F)cc2)nc(N(C)S(C)(=O)=O)nc1C(C)C. The molecule has 0 saturated heterocycles. The Labute approximate surface area is 170 Å². The van der Waals surface area contributed by atoms with Crippen molar-refractivity contribution in [2.24, 2.45) is 0 Å². The molecule has 0 amide bonds. The molecule has 2 rings (SSSR count). The van der Waals surface area contributed by atoms with E-state index in [2.05, 4.69) is 9.97 Å². The highest BCUT2D eigenvalue weighted by Crippen LogP contribution is 2.31. The summed E-state index contributed by atoms with van der Waals surface area (Å²) in [5.41, 5.74) is 2.02. The highest BCUT2D eigenvalue weighted by Gasteiger charge is 2.22. The summed E-state index contributed by atoms with van der Waals surface area (Å²) in [6.07, 6.45) is 3.86. The molecule has 0 aliphatic rings. The largest absolute Gasteiger partial charge is 0.463 e. The van der Waals surface area contributed by atoms with Gasteiger partial charge in [0, 0.05) is 24.3 Å². The van der Waals surface area contributed by atoms with Gasteiger partial charge < -0.3 is 4.74 Å². The molecule has 0 bridgehead atoms. The molecule has 0 radical (unpaired) electrons. The fourth-order valence-corrected chi connectivity index (χ4v) is 2.92. The molecule has 0 spiro atoms. The van der Waals surface area contributed by atoms with Crippen LogP contribution in [-0.4, -0.2) is 44.3 Å². The Balaban J connectivity index is 2.77. The van der Waals surface area contributed by atoms with Gasteiger partial charge in [-0.25, -0.2) is 31.9 Å². The van der Waals surface area contributed by atoms with Crippen molar-refractivity contribution < 1.29 is 22.3 Å². The Morgan fingerprint density at radius 1 is 1.24 bits per heavy atom. The number of hydrogen-bond donors (Lipinski definition) is 0. The zero-order chi connectivity index (χ0) is 21.8. The van der Waals surface area contributed by atoms with Crippen LogP contribution in [0, 0.1) is 5.82 Å². The van der Waals surface area contributed by atoms with Gasteiger partial charge in [0.05, 0.1) is 24.3 Å². The van der Waals surface area contributed by atoms with Crippen molar-refractivity contribution in [1.29, 1.82) is 0 Å². The Morgan fingerprint density at radius 3 is 2.38 bits per heavy atom. The van der Waals surface area contributed by atoms with E-state index in [9.17, 15) is 17.6 Å². The molecule has 156 valence electrons. The van der Waals surface area contributed by atoms with Crippen LogP contribution in [0.4, 0.5) is 10.3 Å². The summed E-state index contributed by atoms with van der Waals surface area (Å²) in [7, 11) is -2.24. The Hall–Kier alpha value is -2.81. The molecule has 1 aromatic heterocycles. The normalized spacial score (nSPS) is 11.8.